The second-order valence-electron chi connectivity index (χ2n) is 3.75. The Labute approximate surface area is 78.4 Å². The Morgan fingerprint density at radius 1 is 1.62 bits per heavy atom. The summed E-state index contributed by atoms with van der Waals surface area (Å²) in [6, 6.07) is 0.251. The molecular formula is C9H16N4. The standard InChI is InChI=1S/C9H16N4/c1-8(10)6-12-4-5-13-3-2-11-9(13)7-12/h2-3,8H,4-7,10H2,1H3. The molecule has 0 saturated heterocycles. The molecule has 1 atom stereocenters. The summed E-state index contributed by atoms with van der Waals surface area (Å²) in [6.45, 7) is 6.08. The van der Waals surface area contributed by atoms with E-state index in [9.17, 15) is 0 Å². The average Bonchev–Trinajstić information content (AvgIpc) is 2.49. The fourth-order valence-electron chi connectivity index (χ4n) is 1.79. The highest BCUT2D eigenvalue weighted by molar-refractivity contribution is 4.95. The van der Waals surface area contributed by atoms with Gasteiger partial charge in [0.15, 0.2) is 0 Å². The monoisotopic (exact) mass is 180 g/mol. The predicted molar refractivity (Wildman–Crippen MR) is 51.2 cm³/mol. The SMILES string of the molecule is CC(N)CN1CCn2ccnc2C1. The van der Waals surface area contributed by atoms with Gasteiger partial charge in [0, 0.05) is 38.1 Å². The van der Waals surface area contributed by atoms with Crippen molar-refractivity contribution in [2.75, 3.05) is 13.1 Å². The van der Waals surface area contributed by atoms with Gasteiger partial charge in [-0.05, 0) is 6.92 Å². The average molecular weight is 180 g/mol. The first kappa shape index (κ1) is 8.72. The first-order chi connectivity index (χ1) is 6.25. The van der Waals surface area contributed by atoms with Gasteiger partial charge in [-0.25, -0.2) is 4.98 Å². The molecule has 4 heteroatoms. The zero-order valence-electron chi connectivity index (χ0n) is 7.98. The van der Waals surface area contributed by atoms with Crippen molar-refractivity contribution >= 4 is 0 Å². The first-order valence-electron chi connectivity index (χ1n) is 4.73. The molecule has 0 amide bonds. The molecule has 0 aliphatic carbocycles. The summed E-state index contributed by atoms with van der Waals surface area (Å²) in [5.41, 5.74) is 5.75. The normalized spacial score (nSPS) is 19.8. The quantitative estimate of drug-likeness (QED) is 0.699. The molecule has 0 spiro atoms. The van der Waals surface area contributed by atoms with E-state index in [2.05, 4.69) is 14.5 Å². The molecule has 1 aliphatic heterocycles. The van der Waals surface area contributed by atoms with Gasteiger partial charge in [0.1, 0.15) is 5.82 Å². The first-order valence-corrected chi connectivity index (χ1v) is 4.73. The molecule has 0 fully saturated rings. The minimum atomic E-state index is 0.251. The van der Waals surface area contributed by atoms with Gasteiger partial charge in [0.25, 0.3) is 0 Å². The Balaban J connectivity index is 2.00. The Kier molecular flexibility index (Phi) is 2.33. The topological polar surface area (TPSA) is 47.1 Å². The van der Waals surface area contributed by atoms with Crippen molar-refractivity contribution in [1.82, 2.24) is 14.5 Å². The van der Waals surface area contributed by atoms with E-state index in [1.807, 2.05) is 19.3 Å². The van der Waals surface area contributed by atoms with Crippen LogP contribution in [0.5, 0.6) is 0 Å². The molecule has 2 heterocycles. The number of aromatic nitrogens is 2. The Morgan fingerprint density at radius 2 is 2.46 bits per heavy atom. The van der Waals surface area contributed by atoms with Crippen molar-refractivity contribution in [3.05, 3.63) is 18.2 Å². The smallest absolute Gasteiger partial charge is 0.122 e. The number of fused-ring (bicyclic) bond motifs is 1. The highest BCUT2D eigenvalue weighted by Gasteiger charge is 2.16. The lowest BCUT2D eigenvalue weighted by atomic mass is 10.3. The molecule has 0 bridgehead atoms. The third kappa shape index (κ3) is 1.89. The van der Waals surface area contributed by atoms with Crippen LogP contribution in [-0.4, -0.2) is 33.6 Å². The molecule has 0 saturated carbocycles. The van der Waals surface area contributed by atoms with Crippen LogP contribution in [0.25, 0.3) is 0 Å². The van der Waals surface area contributed by atoms with Gasteiger partial charge in [-0.15, -0.1) is 0 Å². The summed E-state index contributed by atoms with van der Waals surface area (Å²) in [5.74, 6) is 1.16. The van der Waals surface area contributed by atoms with Crippen molar-refractivity contribution in [3.8, 4) is 0 Å². The largest absolute Gasteiger partial charge is 0.333 e. The molecule has 1 aliphatic rings. The number of imidazole rings is 1. The minimum absolute atomic E-state index is 0.251. The van der Waals surface area contributed by atoms with Gasteiger partial charge in [0.2, 0.25) is 0 Å². The highest BCUT2D eigenvalue weighted by atomic mass is 15.2. The number of nitrogens with two attached hydrogens (primary N) is 1. The maximum absolute atomic E-state index is 5.75. The Hall–Kier alpha value is -0.870. The third-order valence-electron chi connectivity index (χ3n) is 2.37. The summed E-state index contributed by atoms with van der Waals surface area (Å²) in [6.07, 6.45) is 3.91. The summed E-state index contributed by atoms with van der Waals surface area (Å²) >= 11 is 0. The molecule has 72 valence electrons. The summed E-state index contributed by atoms with van der Waals surface area (Å²) in [4.78, 5) is 6.65. The molecule has 0 aromatic carbocycles. The molecule has 2 N–H and O–H groups in total. The maximum atomic E-state index is 5.75. The molecule has 0 radical (unpaired) electrons. The van der Waals surface area contributed by atoms with Gasteiger partial charge in [-0.3, -0.25) is 4.90 Å². The van der Waals surface area contributed by atoms with E-state index in [1.165, 1.54) is 0 Å². The second-order valence-corrected chi connectivity index (χ2v) is 3.75. The van der Waals surface area contributed by atoms with E-state index in [-0.39, 0.29) is 6.04 Å². The van der Waals surface area contributed by atoms with E-state index < -0.39 is 0 Å². The fourth-order valence-corrected chi connectivity index (χ4v) is 1.79. The van der Waals surface area contributed by atoms with E-state index in [0.717, 1.165) is 32.0 Å². The van der Waals surface area contributed by atoms with Crippen LogP contribution < -0.4 is 5.73 Å². The van der Waals surface area contributed by atoms with Gasteiger partial charge >= 0.3 is 0 Å². The zero-order valence-corrected chi connectivity index (χ0v) is 7.98. The van der Waals surface area contributed by atoms with Gasteiger partial charge in [-0.2, -0.15) is 0 Å². The van der Waals surface area contributed by atoms with Gasteiger partial charge in [0.05, 0.1) is 6.54 Å². The zero-order chi connectivity index (χ0) is 9.26. The number of rotatable bonds is 2. The lowest BCUT2D eigenvalue weighted by molar-refractivity contribution is 0.208. The molecule has 1 aromatic heterocycles. The van der Waals surface area contributed by atoms with Gasteiger partial charge in [-0.1, -0.05) is 0 Å². The molecule has 1 aromatic rings. The molecule has 4 nitrogen and oxygen atoms in total. The van der Waals surface area contributed by atoms with Crippen molar-refractivity contribution in [2.45, 2.75) is 26.1 Å². The Morgan fingerprint density at radius 3 is 3.23 bits per heavy atom. The number of nitrogens with zero attached hydrogens (tertiary/aromatic N) is 3. The Bertz CT molecular complexity index is 279. The van der Waals surface area contributed by atoms with Crippen LogP contribution in [0.1, 0.15) is 12.7 Å². The maximum Gasteiger partial charge on any atom is 0.122 e. The lowest BCUT2D eigenvalue weighted by Gasteiger charge is -2.28. The van der Waals surface area contributed by atoms with E-state index in [1.54, 1.807) is 0 Å². The third-order valence-corrected chi connectivity index (χ3v) is 2.37. The lowest BCUT2D eigenvalue weighted by Crippen LogP contribution is -2.40. The molecule has 1 unspecified atom stereocenters. The van der Waals surface area contributed by atoms with Crippen LogP contribution in [0, 0.1) is 0 Å². The van der Waals surface area contributed by atoms with Crippen LogP contribution in [0.2, 0.25) is 0 Å². The van der Waals surface area contributed by atoms with Crippen LogP contribution in [-0.2, 0) is 13.1 Å². The summed E-state index contributed by atoms with van der Waals surface area (Å²) in [7, 11) is 0. The number of hydrogen-bond donors (Lipinski definition) is 1. The van der Waals surface area contributed by atoms with Crippen LogP contribution in [0.4, 0.5) is 0 Å². The fraction of sp³-hybridized carbons (Fsp3) is 0.667. The van der Waals surface area contributed by atoms with Crippen molar-refractivity contribution < 1.29 is 0 Å². The summed E-state index contributed by atoms with van der Waals surface area (Å²) < 4.78 is 2.21. The predicted octanol–water partition coefficient (Wildman–Crippen LogP) is 0.0459. The van der Waals surface area contributed by atoms with Crippen molar-refractivity contribution in [2.24, 2.45) is 5.73 Å². The van der Waals surface area contributed by atoms with Gasteiger partial charge < -0.3 is 10.3 Å². The van der Waals surface area contributed by atoms with E-state index >= 15 is 0 Å². The van der Waals surface area contributed by atoms with E-state index in [0.29, 0.717) is 0 Å². The molecular weight excluding hydrogens is 164 g/mol. The van der Waals surface area contributed by atoms with E-state index in [4.69, 9.17) is 5.73 Å². The van der Waals surface area contributed by atoms with Crippen molar-refractivity contribution in [3.63, 3.8) is 0 Å². The summed E-state index contributed by atoms with van der Waals surface area (Å²) in [5, 5.41) is 0. The van der Waals surface area contributed by atoms with Crippen LogP contribution in [0.3, 0.4) is 0 Å². The second kappa shape index (κ2) is 3.47. The van der Waals surface area contributed by atoms with Crippen LogP contribution >= 0.6 is 0 Å². The highest BCUT2D eigenvalue weighted by Crippen LogP contribution is 2.09. The van der Waals surface area contributed by atoms with Crippen LogP contribution in [0.15, 0.2) is 12.4 Å². The van der Waals surface area contributed by atoms with Crippen molar-refractivity contribution in [1.29, 1.82) is 0 Å². The number of hydrogen-bond acceptors (Lipinski definition) is 3. The minimum Gasteiger partial charge on any atom is -0.333 e. The molecule has 2 rings (SSSR count). The molecule has 13 heavy (non-hydrogen) atoms.